The van der Waals surface area contributed by atoms with Gasteiger partial charge in [0.2, 0.25) is 5.91 Å². The second kappa shape index (κ2) is 5.34. The first kappa shape index (κ1) is 14.4. The number of hydrogen-bond acceptors (Lipinski definition) is 1. The molecule has 0 N–H and O–H groups in total. The predicted octanol–water partition coefficient (Wildman–Crippen LogP) is 4.89. The molecule has 0 bridgehead atoms. The number of fused-ring (bicyclic) bond motifs is 1. The van der Waals surface area contributed by atoms with Gasteiger partial charge in [-0.2, -0.15) is 0 Å². The molecule has 1 heterocycles. The topological polar surface area (TPSA) is 20.3 Å². The molecule has 20 heavy (non-hydrogen) atoms. The molecule has 108 valence electrons. The highest BCUT2D eigenvalue weighted by atomic mass is 79.9. The van der Waals surface area contributed by atoms with Gasteiger partial charge in [-0.05, 0) is 48.9 Å². The van der Waals surface area contributed by atoms with E-state index in [9.17, 15) is 4.79 Å². The standard InChI is InChI=1S/C16H19BrClNO/c1-11-9-16(6-2-3-7-16)19(15(20)10-17)14-5-4-12(18)8-13(11)14/h4-5,8,11H,2-3,6-7,9-10H2,1H3. The van der Waals surface area contributed by atoms with E-state index in [1.807, 2.05) is 18.2 Å². The molecule has 1 aliphatic heterocycles. The van der Waals surface area contributed by atoms with Crippen molar-refractivity contribution >= 4 is 39.1 Å². The lowest BCUT2D eigenvalue weighted by atomic mass is 9.77. The molecule has 0 radical (unpaired) electrons. The van der Waals surface area contributed by atoms with Crippen LogP contribution in [0.25, 0.3) is 0 Å². The van der Waals surface area contributed by atoms with Crippen LogP contribution in [0.4, 0.5) is 5.69 Å². The fourth-order valence-electron chi connectivity index (χ4n) is 4.07. The maximum absolute atomic E-state index is 12.5. The molecule has 1 amide bonds. The molecule has 1 atom stereocenters. The minimum Gasteiger partial charge on any atom is -0.305 e. The van der Waals surface area contributed by atoms with Gasteiger partial charge in [0.1, 0.15) is 0 Å². The summed E-state index contributed by atoms with van der Waals surface area (Å²) < 4.78 is 0. The van der Waals surface area contributed by atoms with E-state index in [0.29, 0.717) is 11.2 Å². The van der Waals surface area contributed by atoms with Crippen molar-refractivity contribution in [2.24, 2.45) is 0 Å². The lowest BCUT2D eigenvalue weighted by Crippen LogP contribution is -2.54. The molecule has 2 aliphatic rings. The maximum Gasteiger partial charge on any atom is 0.238 e. The average Bonchev–Trinajstić information content (AvgIpc) is 2.88. The largest absolute Gasteiger partial charge is 0.305 e. The van der Waals surface area contributed by atoms with Crippen molar-refractivity contribution in [2.75, 3.05) is 10.2 Å². The van der Waals surface area contributed by atoms with Crippen molar-refractivity contribution in [3.63, 3.8) is 0 Å². The van der Waals surface area contributed by atoms with Crippen molar-refractivity contribution < 1.29 is 4.79 Å². The molecule has 3 rings (SSSR count). The Morgan fingerprint density at radius 3 is 2.80 bits per heavy atom. The maximum atomic E-state index is 12.5. The minimum atomic E-state index is 0.0328. The lowest BCUT2D eigenvalue weighted by molar-refractivity contribution is -0.117. The number of alkyl halides is 1. The number of rotatable bonds is 1. The first-order chi connectivity index (χ1) is 9.57. The number of benzene rings is 1. The highest BCUT2D eigenvalue weighted by Gasteiger charge is 2.47. The van der Waals surface area contributed by atoms with Crippen molar-refractivity contribution in [1.29, 1.82) is 0 Å². The molecule has 1 fully saturated rings. The zero-order chi connectivity index (χ0) is 14.3. The molecule has 0 saturated heterocycles. The summed E-state index contributed by atoms with van der Waals surface area (Å²) in [5.74, 6) is 0.628. The second-order valence-corrected chi connectivity index (χ2v) is 7.10. The van der Waals surface area contributed by atoms with Crippen LogP contribution in [0.2, 0.25) is 5.02 Å². The average molecular weight is 357 g/mol. The smallest absolute Gasteiger partial charge is 0.238 e. The van der Waals surface area contributed by atoms with Crippen LogP contribution in [0, 0.1) is 0 Å². The fraction of sp³-hybridized carbons (Fsp3) is 0.562. The molecule has 2 nitrogen and oxygen atoms in total. The molecule has 1 aromatic carbocycles. The first-order valence-corrected chi connectivity index (χ1v) is 8.76. The number of amides is 1. The quantitative estimate of drug-likeness (QED) is 0.656. The SMILES string of the molecule is CC1CC2(CCCC2)N(C(=O)CBr)c2ccc(Cl)cc21. The van der Waals surface area contributed by atoms with E-state index < -0.39 is 0 Å². The monoisotopic (exact) mass is 355 g/mol. The van der Waals surface area contributed by atoms with Crippen LogP contribution in [-0.4, -0.2) is 16.8 Å². The number of anilines is 1. The summed E-state index contributed by atoms with van der Waals surface area (Å²) in [7, 11) is 0. The summed E-state index contributed by atoms with van der Waals surface area (Å²) in [6, 6.07) is 5.95. The third-order valence-electron chi connectivity index (χ3n) is 4.82. The van der Waals surface area contributed by atoms with Gasteiger partial charge in [-0.3, -0.25) is 4.79 Å². The third kappa shape index (κ3) is 2.19. The molecule has 1 saturated carbocycles. The van der Waals surface area contributed by atoms with Crippen LogP contribution in [0.1, 0.15) is 50.5 Å². The number of carbonyl (C=O) groups is 1. The van der Waals surface area contributed by atoms with E-state index in [0.717, 1.165) is 30.0 Å². The molecule has 1 aromatic rings. The van der Waals surface area contributed by atoms with Gasteiger partial charge in [0.25, 0.3) is 0 Å². The summed E-state index contributed by atoms with van der Waals surface area (Å²) >= 11 is 9.49. The zero-order valence-electron chi connectivity index (χ0n) is 11.7. The van der Waals surface area contributed by atoms with Gasteiger partial charge in [0.05, 0.1) is 5.33 Å². The Hall–Kier alpha value is -0.540. The lowest BCUT2D eigenvalue weighted by Gasteiger charge is -2.48. The van der Waals surface area contributed by atoms with Crippen molar-refractivity contribution in [3.8, 4) is 0 Å². The zero-order valence-corrected chi connectivity index (χ0v) is 14.0. The fourth-order valence-corrected chi connectivity index (χ4v) is 4.50. The predicted molar refractivity (Wildman–Crippen MR) is 87.0 cm³/mol. The molecule has 1 unspecified atom stereocenters. The number of carbonyl (C=O) groups excluding carboxylic acids is 1. The highest BCUT2D eigenvalue weighted by Crippen LogP contribution is 2.51. The molecule has 1 spiro atoms. The van der Waals surface area contributed by atoms with Gasteiger partial charge in [0, 0.05) is 16.2 Å². The van der Waals surface area contributed by atoms with Crippen molar-refractivity contribution in [1.82, 2.24) is 0 Å². The first-order valence-electron chi connectivity index (χ1n) is 7.26. The van der Waals surface area contributed by atoms with E-state index in [1.165, 1.54) is 18.4 Å². The summed E-state index contributed by atoms with van der Waals surface area (Å²) in [6.45, 7) is 2.26. The molecular weight excluding hydrogens is 338 g/mol. The van der Waals surface area contributed by atoms with E-state index in [2.05, 4.69) is 27.8 Å². The number of hydrogen-bond donors (Lipinski definition) is 0. The van der Waals surface area contributed by atoms with Crippen molar-refractivity contribution in [2.45, 2.75) is 50.5 Å². The third-order valence-corrected chi connectivity index (χ3v) is 5.53. The van der Waals surface area contributed by atoms with Crippen molar-refractivity contribution in [3.05, 3.63) is 28.8 Å². The van der Waals surface area contributed by atoms with Crippen LogP contribution in [0.3, 0.4) is 0 Å². The highest BCUT2D eigenvalue weighted by molar-refractivity contribution is 9.09. The molecule has 4 heteroatoms. The molecule has 1 aliphatic carbocycles. The Balaban J connectivity index is 2.14. The normalized spacial score (nSPS) is 23.9. The molecule has 0 aromatic heterocycles. The summed E-state index contributed by atoms with van der Waals surface area (Å²) in [6.07, 6.45) is 5.75. The summed E-state index contributed by atoms with van der Waals surface area (Å²) in [5, 5.41) is 1.13. The van der Waals surface area contributed by atoms with E-state index in [4.69, 9.17) is 11.6 Å². The number of halogens is 2. The Labute approximate surface area is 133 Å². The van der Waals surface area contributed by atoms with Crippen LogP contribution in [0.5, 0.6) is 0 Å². The van der Waals surface area contributed by atoms with Crippen LogP contribution < -0.4 is 4.90 Å². The number of nitrogens with zero attached hydrogens (tertiary/aromatic N) is 1. The van der Waals surface area contributed by atoms with Gasteiger partial charge in [-0.15, -0.1) is 0 Å². The van der Waals surface area contributed by atoms with E-state index in [1.54, 1.807) is 0 Å². The van der Waals surface area contributed by atoms with Gasteiger partial charge in [-0.1, -0.05) is 47.3 Å². The van der Waals surface area contributed by atoms with Gasteiger partial charge >= 0.3 is 0 Å². The Bertz CT molecular complexity index is 539. The minimum absolute atomic E-state index is 0.0328. The molecular formula is C16H19BrClNO. The van der Waals surface area contributed by atoms with Gasteiger partial charge in [0.15, 0.2) is 0 Å². The second-order valence-electron chi connectivity index (χ2n) is 6.10. The van der Waals surface area contributed by atoms with Crippen LogP contribution in [0.15, 0.2) is 18.2 Å². The Kier molecular flexibility index (Phi) is 3.85. The van der Waals surface area contributed by atoms with Gasteiger partial charge < -0.3 is 4.90 Å². The van der Waals surface area contributed by atoms with Gasteiger partial charge in [-0.25, -0.2) is 0 Å². The van der Waals surface area contributed by atoms with E-state index in [-0.39, 0.29) is 11.4 Å². The van der Waals surface area contributed by atoms with E-state index >= 15 is 0 Å². The summed E-state index contributed by atoms with van der Waals surface area (Å²) in [5.41, 5.74) is 2.31. The Morgan fingerprint density at radius 1 is 1.45 bits per heavy atom. The Morgan fingerprint density at radius 2 is 2.15 bits per heavy atom. The summed E-state index contributed by atoms with van der Waals surface area (Å²) in [4.78, 5) is 14.6. The van der Waals surface area contributed by atoms with Crippen LogP contribution >= 0.6 is 27.5 Å². The van der Waals surface area contributed by atoms with Crippen LogP contribution in [-0.2, 0) is 4.79 Å².